The third kappa shape index (κ3) is 5.42. The van der Waals surface area contributed by atoms with Crippen molar-refractivity contribution in [1.82, 2.24) is 0 Å². The summed E-state index contributed by atoms with van der Waals surface area (Å²) in [4.78, 5) is 0. The average Bonchev–Trinajstić information content (AvgIpc) is 2.38. The van der Waals surface area contributed by atoms with Gasteiger partial charge in [-0.2, -0.15) is 0 Å². The van der Waals surface area contributed by atoms with Crippen LogP contribution >= 0.6 is 0 Å². The minimum atomic E-state index is 0. The third-order valence-electron chi connectivity index (χ3n) is 6.64. The van der Waals surface area contributed by atoms with E-state index in [9.17, 15) is 0 Å². The standard InChI is InChI=1S/C21H39.Sn.3H2/c1-14(2)20-9-7-16(5)11-18(20)13-19-12-17(6)8-10-21(19)15(3)4;;;;/h13-21H,7-12H2,1-6H3;;3*1H/t16-,17-,18+,19+,20+,21+;;;;/m1..../s1. The van der Waals surface area contributed by atoms with Gasteiger partial charge in [0.15, 0.2) is 0 Å². The van der Waals surface area contributed by atoms with Gasteiger partial charge in [-0.15, -0.1) is 0 Å². The molecule has 133 valence electrons. The molecule has 6 atom stereocenters. The molecule has 0 aliphatic heterocycles. The third-order valence-corrected chi connectivity index (χ3v) is 6.64. The molecule has 2 aliphatic carbocycles. The smallest absolute Gasteiger partial charge is 0 e. The topological polar surface area (TPSA) is 0 Å². The van der Waals surface area contributed by atoms with Crippen LogP contribution in [0.4, 0.5) is 0 Å². The fourth-order valence-corrected chi connectivity index (χ4v) is 5.31. The number of rotatable bonds is 4. The summed E-state index contributed by atoms with van der Waals surface area (Å²) in [5, 5.41) is 0. The van der Waals surface area contributed by atoms with Gasteiger partial charge < -0.3 is 0 Å². The minimum Gasteiger partial charge on any atom is -0.0625 e. The van der Waals surface area contributed by atoms with Crippen molar-refractivity contribution in [3.8, 4) is 0 Å². The number of hydrogen-bond donors (Lipinski definition) is 0. The van der Waals surface area contributed by atoms with E-state index in [0.29, 0.717) is 0 Å². The molecule has 0 amide bonds. The summed E-state index contributed by atoms with van der Waals surface area (Å²) in [5.41, 5.74) is 0. The van der Waals surface area contributed by atoms with Gasteiger partial charge in [-0.3, -0.25) is 0 Å². The van der Waals surface area contributed by atoms with Crippen molar-refractivity contribution in [2.45, 2.75) is 80.1 Å². The van der Waals surface area contributed by atoms with Crippen LogP contribution in [0.1, 0.15) is 84.3 Å². The van der Waals surface area contributed by atoms with Crippen LogP contribution in [0.15, 0.2) is 0 Å². The molecule has 0 unspecified atom stereocenters. The molecule has 2 fully saturated rings. The Morgan fingerprint density at radius 2 is 1.09 bits per heavy atom. The Balaban J connectivity index is -0.00000121. The Hall–Kier alpha value is 0.799. The molecule has 2 rings (SSSR count). The van der Waals surface area contributed by atoms with Gasteiger partial charge in [0.1, 0.15) is 0 Å². The molecular weight excluding hydrogens is 371 g/mol. The van der Waals surface area contributed by atoms with E-state index in [1.165, 1.54) is 38.5 Å². The van der Waals surface area contributed by atoms with Crippen LogP contribution in [0.3, 0.4) is 0 Å². The van der Waals surface area contributed by atoms with Gasteiger partial charge in [-0.05, 0) is 79.4 Å². The first-order valence-electron chi connectivity index (χ1n) is 9.73. The van der Waals surface area contributed by atoms with Crippen molar-refractivity contribution in [3.63, 3.8) is 0 Å². The first-order valence-corrected chi connectivity index (χ1v) is 9.73. The maximum absolute atomic E-state index is 2.86. The first-order chi connectivity index (χ1) is 9.88. The Labute approximate surface area is 162 Å². The summed E-state index contributed by atoms with van der Waals surface area (Å²) in [6.07, 6.45) is 11.6. The van der Waals surface area contributed by atoms with Gasteiger partial charge >= 0.3 is 0 Å². The Bertz CT molecular complexity index is 292. The van der Waals surface area contributed by atoms with Gasteiger partial charge in [0.05, 0.1) is 0 Å². The van der Waals surface area contributed by atoms with Crippen LogP contribution in [-0.4, -0.2) is 23.9 Å². The van der Waals surface area contributed by atoms with E-state index in [1.54, 1.807) is 0 Å². The maximum Gasteiger partial charge on any atom is 0 e. The Morgan fingerprint density at radius 1 is 0.727 bits per heavy atom. The van der Waals surface area contributed by atoms with E-state index in [0.717, 1.165) is 47.3 Å². The fraction of sp³-hybridized carbons (Fsp3) is 0.952. The van der Waals surface area contributed by atoms with E-state index in [-0.39, 0.29) is 28.2 Å². The Kier molecular flexibility index (Phi) is 8.84. The van der Waals surface area contributed by atoms with Crippen molar-refractivity contribution in [2.24, 2.45) is 47.3 Å². The molecule has 0 aromatic rings. The average molecular weight is 416 g/mol. The van der Waals surface area contributed by atoms with E-state index < -0.39 is 0 Å². The second-order valence-electron chi connectivity index (χ2n) is 9.17. The zero-order valence-electron chi connectivity index (χ0n) is 15.9. The summed E-state index contributed by atoms with van der Waals surface area (Å²) in [7, 11) is 0. The van der Waals surface area contributed by atoms with Crippen molar-refractivity contribution in [1.29, 1.82) is 0 Å². The van der Waals surface area contributed by atoms with Gasteiger partial charge in [0.2, 0.25) is 0 Å². The molecule has 0 aromatic carbocycles. The van der Waals surface area contributed by atoms with Crippen LogP contribution in [0.5, 0.6) is 0 Å². The summed E-state index contributed by atoms with van der Waals surface area (Å²) < 4.78 is 0. The molecule has 0 N–H and O–H groups in total. The summed E-state index contributed by atoms with van der Waals surface area (Å²) >= 11 is 0. The van der Waals surface area contributed by atoms with E-state index in [4.69, 9.17) is 0 Å². The fourth-order valence-electron chi connectivity index (χ4n) is 5.31. The van der Waals surface area contributed by atoms with Crippen LogP contribution in [-0.2, 0) is 0 Å². The minimum absolute atomic E-state index is 0. The predicted octanol–water partition coefficient (Wildman–Crippen LogP) is 6.96. The van der Waals surface area contributed by atoms with Crippen molar-refractivity contribution in [3.05, 3.63) is 6.42 Å². The second-order valence-corrected chi connectivity index (χ2v) is 9.17. The quantitative estimate of drug-likeness (QED) is 0.435. The molecule has 22 heavy (non-hydrogen) atoms. The molecule has 1 heteroatoms. The number of hydrogen-bond acceptors (Lipinski definition) is 0. The molecule has 0 saturated heterocycles. The molecule has 2 aliphatic rings. The molecule has 0 nitrogen and oxygen atoms in total. The van der Waals surface area contributed by atoms with E-state index in [2.05, 4.69) is 48.0 Å². The van der Waals surface area contributed by atoms with Crippen molar-refractivity contribution in [2.75, 3.05) is 0 Å². The summed E-state index contributed by atoms with van der Waals surface area (Å²) in [5.74, 6) is 7.29. The zero-order chi connectivity index (χ0) is 15.6. The van der Waals surface area contributed by atoms with Gasteiger partial charge in [-0.1, -0.05) is 54.4 Å². The van der Waals surface area contributed by atoms with Crippen LogP contribution in [0, 0.1) is 53.8 Å². The zero-order valence-corrected chi connectivity index (χ0v) is 18.8. The van der Waals surface area contributed by atoms with Crippen molar-refractivity contribution < 1.29 is 4.28 Å². The molecule has 5 radical (unpaired) electrons. The van der Waals surface area contributed by atoms with Gasteiger partial charge in [0, 0.05) is 28.2 Å². The maximum atomic E-state index is 2.86. The van der Waals surface area contributed by atoms with Crippen LogP contribution < -0.4 is 0 Å². The monoisotopic (exact) mass is 417 g/mol. The molecular formula is C21H45Sn. The SMILES string of the molecule is CC(C)[C@@H]1CC[C@@H](C)C[C@H]1[CH][C@@H]1C[C@H](C)CC[C@H]1C(C)C.[HH].[HH].[HH].[Sn]. The predicted molar refractivity (Wildman–Crippen MR) is 106 cm³/mol. The summed E-state index contributed by atoms with van der Waals surface area (Å²) in [6.45, 7) is 14.7. The van der Waals surface area contributed by atoms with E-state index in [1.807, 2.05) is 0 Å². The Morgan fingerprint density at radius 3 is 1.41 bits per heavy atom. The van der Waals surface area contributed by atoms with Crippen LogP contribution in [0.2, 0.25) is 0 Å². The van der Waals surface area contributed by atoms with E-state index >= 15 is 0 Å². The molecule has 0 aromatic heterocycles. The first kappa shape index (κ1) is 20.8. The normalized spacial score (nSPS) is 39.8. The van der Waals surface area contributed by atoms with Gasteiger partial charge in [-0.25, -0.2) is 0 Å². The molecule has 0 heterocycles. The molecule has 0 bridgehead atoms. The van der Waals surface area contributed by atoms with Crippen molar-refractivity contribution >= 4 is 23.9 Å². The summed E-state index contributed by atoms with van der Waals surface area (Å²) in [6, 6.07) is 0. The molecule has 2 saturated carbocycles. The molecule has 0 spiro atoms. The largest absolute Gasteiger partial charge is 0.0625 e. The second kappa shape index (κ2) is 9.33. The van der Waals surface area contributed by atoms with Crippen LogP contribution in [0.25, 0.3) is 0 Å². The van der Waals surface area contributed by atoms with Gasteiger partial charge in [0.25, 0.3) is 0 Å².